The number of nitrogens with one attached hydrogen (secondary N) is 2. The highest BCUT2D eigenvalue weighted by Gasteiger charge is 2.24. The van der Waals surface area contributed by atoms with Crippen LogP contribution in [-0.4, -0.2) is 29.9 Å². The van der Waals surface area contributed by atoms with Crippen molar-refractivity contribution in [3.8, 4) is 0 Å². The zero-order valence-electron chi connectivity index (χ0n) is 14.9. The number of piperidine rings is 1. The van der Waals surface area contributed by atoms with Crippen LogP contribution in [0, 0.1) is 5.92 Å². The smallest absolute Gasteiger partial charge is 0.321 e. The minimum absolute atomic E-state index is 0.0665. The number of nitrogens with zero attached hydrogens (tertiary/aromatic N) is 1. The summed E-state index contributed by atoms with van der Waals surface area (Å²) in [5, 5.41) is 5.89. The van der Waals surface area contributed by atoms with Gasteiger partial charge in [-0.2, -0.15) is 0 Å². The Morgan fingerprint density at radius 2 is 1.54 bits per heavy atom. The van der Waals surface area contributed by atoms with Gasteiger partial charge in [0, 0.05) is 31.7 Å². The number of carbonyl (C=O) groups excluding carboxylic acids is 2. The van der Waals surface area contributed by atoms with Crippen molar-refractivity contribution in [1.29, 1.82) is 0 Å². The number of rotatable bonds is 5. The van der Waals surface area contributed by atoms with E-state index in [4.69, 9.17) is 0 Å². The third-order valence-electron chi connectivity index (χ3n) is 4.73. The topological polar surface area (TPSA) is 61.4 Å². The third kappa shape index (κ3) is 5.34. The average Bonchev–Trinajstić information content (AvgIpc) is 2.68. The second-order valence-corrected chi connectivity index (χ2v) is 6.69. The van der Waals surface area contributed by atoms with Crippen LogP contribution in [0.4, 0.5) is 10.5 Å². The normalized spacial score (nSPS) is 14.7. The molecule has 0 radical (unpaired) electrons. The van der Waals surface area contributed by atoms with Gasteiger partial charge in [0.1, 0.15) is 0 Å². The average molecular weight is 351 g/mol. The van der Waals surface area contributed by atoms with Gasteiger partial charge < -0.3 is 15.5 Å². The van der Waals surface area contributed by atoms with Crippen LogP contribution in [0.5, 0.6) is 0 Å². The molecular formula is C21H25N3O2. The molecule has 0 unspecified atom stereocenters. The second-order valence-electron chi connectivity index (χ2n) is 6.69. The lowest BCUT2D eigenvalue weighted by Gasteiger charge is -2.31. The van der Waals surface area contributed by atoms with Gasteiger partial charge in [-0.05, 0) is 36.5 Å². The van der Waals surface area contributed by atoms with E-state index in [1.54, 1.807) is 0 Å². The molecule has 1 heterocycles. The molecule has 5 nitrogen and oxygen atoms in total. The van der Waals surface area contributed by atoms with Crippen LogP contribution in [-0.2, 0) is 11.3 Å². The van der Waals surface area contributed by atoms with Crippen molar-refractivity contribution in [3.05, 3.63) is 66.2 Å². The molecule has 1 fully saturated rings. The number of carbonyl (C=O) groups is 2. The zero-order chi connectivity index (χ0) is 18.2. The summed E-state index contributed by atoms with van der Waals surface area (Å²) in [6, 6.07) is 19.3. The van der Waals surface area contributed by atoms with Crippen LogP contribution in [0.3, 0.4) is 0 Å². The van der Waals surface area contributed by atoms with Crippen LogP contribution in [0.1, 0.15) is 24.8 Å². The standard InChI is InChI=1S/C21H25N3O2/c25-20(22-16-18-7-3-1-4-8-18)15-17-11-13-24(14-12-17)21(26)23-19-9-5-2-6-10-19/h1-10,17H,11-16H2,(H,22,25)(H,23,26). The Bertz CT molecular complexity index is 711. The first kappa shape index (κ1) is 18.0. The van der Waals surface area contributed by atoms with Crippen molar-refractivity contribution in [2.24, 2.45) is 5.92 Å². The van der Waals surface area contributed by atoms with Crippen molar-refractivity contribution in [2.75, 3.05) is 18.4 Å². The first-order chi connectivity index (χ1) is 12.7. The monoisotopic (exact) mass is 351 g/mol. The van der Waals surface area contributed by atoms with E-state index in [1.165, 1.54) is 0 Å². The van der Waals surface area contributed by atoms with Gasteiger partial charge in [-0.25, -0.2) is 4.79 Å². The van der Waals surface area contributed by atoms with Crippen molar-refractivity contribution < 1.29 is 9.59 Å². The molecule has 3 amide bonds. The summed E-state index contributed by atoms with van der Waals surface area (Å²) in [5.41, 5.74) is 1.91. The summed E-state index contributed by atoms with van der Waals surface area (Å²) in [6.07, 6.45) is 2.25. The highest BCUT2D eigenvalue weighted by molar-refractivity contribution is 5.89. The van der Waals surface area contributed by atoms with Crippen LogP contribution in [0.2, 0.25) is 0 Å². The highest BCUT2D eigenvalue weighted by atomic mass is 16.2. The minimum atomic E-state index is -0.0665. The Kier molecular flexibility index (Phi) is 6.25. The van der Waals surface area contributed by atoms with Gasteiger partial charge in [0.15, 0.2) is 0 Å². The maximum absolute atomic E-state index is 12.3. The maximum atomic E-state index is 12.3. The Balaban J connectivity index is 1.38. The third-order valence-corrected chi connectivity index (χ3v) is 4.73. The fraction of sp³-hybridized carbons (Fsp3) is 0.333. The molecule has 2 N–H and O–H groups in total. The molecule has 0 saturated carbocycles. The number of benzene rings is 2. The highest BCUT2D eigenvalue weighted by Crippen LogP contribution is 2.21. The molecule has 3 rings (SSSR count). The number of para-hydroxylation sites is 1. The molecular weight excluding hydrogens is 326 g/mol. The molecule has 26 heavy (non-hydrogen) atoms. The van der Waals surface area contributed by atoms with E-state index < -0.39 is 0 Å². The molecule has 0 aromatic heterocycles. The molecule has 0 aliphatic carbocycles. The summed E-state index contributed by atoms with van der Waals surface area (Å²) < 4.78 is 0. The SMILES string of the molecule is O=C(CC1CCN(C(=O)Nc2ccccc2)CC1)NCc1ccccc1. The molecule has 1 aliphatic heterocycles. The van der Waals surface area contributed by atoms with Crippen LogP contribution in [0.25, 0.3) is 0 Å². The predicted octanol–water partition coefficient (Wildman–Crippen LogP) is 3.64. The van der Waals surface area contributed by atoms with Gasteiger partial charge in [-0.15, -0.1) is 0 Å². The Hall–Kier alpha value is -2.82. The molecule has 0 spiro atoms. The van der Waals surface area contributed by atoms with E-state index in [2.05, 4.69) is 10.6 Å². The molecule has 2 aromatic carbocycles. The lowest BCUT2D eigenvalue weighted by atomic mass is 9.93. The van der Waals surface area contributed by atoms with Crippen molar-refractivity contribution in [1.82, 2.24) is 10.2 Å². The lowest BCUT2D eigenvalue weighted by molar-refractivity contribution is -0.122. The van der Waals surface area contributed by atoms with E-state index in [0.717, 1.165) is 24.1 Å². The number of hydrogen-bond acceptors (Lipinski definition) is 2. The lowest BCUT2D eigenvalue weighted by Crippen LogP contribution is -2.41. The van der Waals surface area contributed by atoms with Crippen LogP contribution >= 0.6 is 0 Å². The number of hydrogen-bond donors (Lipinski definition) is 2. The fourth-order valence-corrected chi connectivity index (χ4v) is 3.20. The maximum Gasteiger partial charge on any atom is 0.321 e. The number of amides is 3. The second kappa shape index (κ2) is 9.04. The number of anilines is 1. The molecule has 1 aliphatic rings. The van der Waals surface area contributed by atoms with E-state index in [0.29, 0.717) is 32.0 Å². The van der Waals surface area contributed by atoms with Gasteiger partial charge in [0.2, 0.25) is 5.91 Å². The first-order valence-electron chi connectivity index (χ1n) is 9.12. The Labute approximate surface area is 154 Å². The first-order valence-corrected chi connectivity index (χ1v) is 9.12. The molecule has 136 valence electrons. The van der Waals surface area contributed by atoms with Gasteiger partial charge in [0.25, 0.3) is 0 Å². The van der Waals surface area contributed by atoms with E-state index >= 15 is 0 Å². The zero-order valence-corrected chi connectivity index (χ0v) is 14.9. The molecule has 0 atom stereocenters. The minimum Gasteiger partial charge on any atom is -0.352 e. The Morgan fingerprint density at radius 1 is 0.923 bits per heavy atom. The summed E-state index contributed by atoms with van der Waals surface area (Å²) >= 11 is 0. The summed E-state index contributed by atoms with van der Waals surface area (Å²) in [5.74, 6) is 0.424. The van der Waals surface area contributed by atoms with Gasteiger partial charge in [0.05, 0.1) is 0 Å². The van der Waals surface area contributed by atoms with Gasteiger partial charge in [-0.1, -0.05) is 48.5 Å². The summed E-state index contributed by atoms with van der Waals surface area (Å²) in [4.78, 5) is 26.3. The molecule has 1 saturated heterocycles. The van der Waals surface area contributed by atoms with E-state index in [9.17, 15) is 9.59 Å². The Morgan fingerprint density at radius 3 is 2.19 bits per heavy atom. The largest absolute Gasteiger partial charge is 0.352 e. The van der Waals surface area contributed by atoms with Crippen LogP contribution in [0.15, 0.2) is 60.7 Å². The van der Waals surface area contributed by atoms with E-state index in [-0.39, 0.29) is 11.9 Å². The van der Waals surface area contributed by atoms with Crippen molar-refractivity contribution in [2.45, 2.75) is 25.8 Å². The van der Waals surface area contributed by atoms with E-state index in [1.807, 2.05) is 65.6 Å². The number of likely N-dealkylation sites (tertiary alicyclic amines) is 1. The molecule has 2 aromatic rings. The fourth-order valence-electron chi connectivity index (χ4n) is 3.20. The van der Waals surface area contributed by atoms with Crippen molar-refractivity contribution >= 4 is 17.6 Å². The quantitative estimate of drug-likeness (QED) is 0.864. The predicted molar refractivity (Wildman–Crippen MR) is 103 cm³/mol. The summed E-state index contributed by atoms with van der Waals surface area (Å²) in [7, 11) is 0. The van der Waals surface area contributed by atoms with Crippen LogP contribution < -0.4 is 10.6 Å². The van der Waals surface area contributed by atoms with Crippen molar-refractivity contribution in [3.63, 3.8) is 0 Å². The molecule has 5 heteroatoms. The number of urea groups is 1. The van der Waals surface area contributed by atoms with Gasteiger partial charge >= 0.3 is 6.03 Å². The molecule has 0 bridgehead atoms. The van der Waals surface area contributed by atoms with Gasteiger partial charge in [-0.3, -0.25) is 4.79 Å². The summed E-state index contributed by atoms with van der Waals surface area (Å²) in [6.45, 7) is 1.95.